The summed E-state index contributed by atoms with van der Waals surface area (Å²) in [6.45, 7) is 17.0. The number of ether oxygens (including phenoxy) is 1. The maximum atomic E-state index is 5.58. The first-order chi connectivity index (χ1) is 7.60. The quantitative estimate of drug-likeness (QED) is 0.520. The standard InChI is InChI=1S/C15H31NO/c1-14(2,3)12-16(7)10-8-9-11-17-13-15(4,5)6/h8-9H,10-13H2,1-7H3/b9-8+. The molecule has 0 aliphatic rings. The number of nitrogens with zero attached hydrogens (tertiary/aromatic N) is 1. The van der Waals surface area contributed by atoms with Gasteiger partial charge in [-0.25, -0.2) is 0 Å². The van der Waals surface area contributed by atoms with Crippen LogP contribution in [0.5, 0.6) is 0 Å². The highest BCUT2D eigenvalue weighted by atomic mass is 16.5. The number of likely N-dealkylation sites (N-methyl/N-ethyl adjacent to an activating group) is 1. The molecule has 0 radical (unpaired) electrons. The van der Waals surface area contributed by atoms with E-state index >= 15 is 0 Å². The van der Waals surface area contributed by atoms with Gasteiger partial charge in [-0.15, -0.1) is 0 Å². The Balaban J connectivity index is 3.61. The predicted molar refractivity (Wildman–Crippen MR) is 76.4 cm³/mol. The molecule has 0 saturated heterocycles. The van der Waals surface area contributed by atoms with E-state index in [1.54, 1.807) is 0 Å². The fourth-order valence-electron chi connectivity index (χ4n) is 1.63. The zero-order valence-electron chi connectivity index (χ0n) is 12.8. The Bertz CT molecular complexity index is 220. The van der Waals surface area contributed by atoms with Crippen LogP contribution < -0.4 is 0 Å². The molecule has 102 valence electrons. The van der Waals surface area contributed by atoms with Gasteiger partial charge in [0, 0.05) is 13.1 Å². The molecule has 0 spiro atoms. The van der Waals surface area contributed by atoms with Crippen molar-refractivity contribution in [3.63, 3.8) is 0 Å². The van der Waals surface area contributed by atoms with Crippen LogP contribution in [0.2, 0.25) is 0 Å². The molecule has 0 aliphatic carbocycles. The zero-order chi connectivity index (χ0) is 13.5. The first-order valence-corrected chi connectivity index (χ1v) is 6.51. The van der Waals surface area contributed by atoms with Crippen LogP contribution in [0.4, 0.5) is 0 Å². The van der Waals surface area contributed by atoms with Gasteiger partial charge in [0.1, 0.15) is 0 Å². The minimum Gasteiger partial charge on any atom is -0.377 e. The Morgan fingerprint density at radius 1 is 0.941 bits per heavy atom. The largest absolute Gasteiger partial charge is 0.377 e. The van der Waals surface area contributed by atoms with E-state index in [0.29, 0.717) is 5.41 Å². The van der Waals surface area contributed by atoms with Crippen LogP contribution in [-0.2, 0) is 4.74 Å². The summed E-state index contributed by atoms with van der Waals surface area (Å²) in [5, 5.41) is 0. The average molecular weight is 241 g/mol. The first kappa shape index (κ1) is 16.7. The predicted octanol–water partition coefficient (Wildman–Crippen LogP) is 3.58. The van der Waals surface area contributed by atoms with E-state index in [1.165, 1.54) is 0 Å². The van der Waals surface area contributed by atoms with Crippen molar-refractivity contribution in [2.75, 3.05) is 33.4 Å². The van der Waals surface area contributed by atoms with Crippen molar-refractivity contribution >= 4 is 0 Å². The molecule has 0 rings (SSSR count). The smallest absolute Gasteiger partial charge is 0.0648 e. The molecule has 0 aromatic heterocycles. The minimum atomic E-state index is 0.261. The van der Waals surface area contributed by atoms with Gasteiger partial charge in [-0.2, -0.15) is 0 Å². The second-order valence-corrected chi connectivity index (χ2v) is 7.30. The zero-order valence-corrected chi connectivity index (χ0v) is 12.8. The van der Waals surface area contributed by atoms with Gasteiger partial charge in [-0.3, -0.25) is 0 Å². The SMILES string of the molecule is CN(C/C=C/COCC(C)(C)C)CC(C)(C)C. The fraction of sp³-hybridized carbons (Fsp3) is 0.867. The van der Waals surface area contributed by atoms with E-state index in [1.807, 2.05) is 0 Å². The molecule has 0 fully saturated rings. The molecule has 0 unspecified atom stereocenters. The van der Waals surface area contributed by atoms with Crippen molar-refractivity contribution in [3.8, 4) is 0 Å². The van der Waals surface area contributed by atoms with E-state index in [0.717, 1.165) is 26.3 Å². The molecule has 0 amide bonds. The summed E-state index contributed by atoms with van der Waals surface area (Å²) in [4.78, 5) is 2.33. The minimum absolute atomic E-state index is 0.261. The lowest BCUT2D eigenvalue weighted by molar-refractivity contribution is 0.0908. The van der Waals surface area contributed by atoms with Gasteiger partial charge >= 0.3 is 0 Å². The third kappa shape index (κ3) is 13.6. The van der Waals surface area contributed by atoms with Crippen LogP contribution in [0, 0.1) is 10.8 Å². The van der Waals surface area contributed by atoms with Crippen LogP contribution in [-0.4, -0.2) is 38.3 Å². The Hall–Kier alpha value is -0.340. The van der Waals surface area contributed by atoms with Crippen molar-refractivity contribution in [2.24, 2.45) is 10.8 Å². The van der Waals surface area contributed by atoms with Crippen LogP contribution >= 0.6 is 0 Å². The molecule has 2 nitrogen and oxygen atoms in total. The van der Waals surface area contributed by atoms with Gasteiger partial charge < -0.3 is 9.64 Å². The lowest BCUT2D eigenvalue weighted by Gasteiger charge is -2.25. The molecule has 0 N–H and O–H groups in total. The second kappa shape index (κ2) is 7.17. The molecule has 0 aromatic carbocycles. The summed E-state index contributed by atoms with van der Waals surface area (Å²) < 4.78 is 5.58. The Kier molecular flexibility index (Phi) is 7.03. The summed E-state index contributed by atoms with van der Waals surface area (Å²) in [6, 6.07) is 0. The van der Waals surface area contributed by atoms with Gasteiger partial charge in [0.2, 0.25) is 0 Å². The molecule has 0 aromatic rings. The fourth-order valence-corrected chi connectivity index (χ4v) is 1.63. The molecule has 0 atom stereocenters. The summed E-state index contributed by atoms with van der Waals surface area (Å²) >= 11 is 0. The average Bonchev–Trinajstić information content (AvgIpc) is 2.06. The lowest BCUT2D eigenvalue weighted by Crippen LogP contribution is -2.29. The van der Waals surface area contributed by atoms with Crippen molar-refractivity contribution in [1.82, 2.24) is 4.90 Å². The molecule has 0 bridgehead atoms. The summed E-state index contributed by atoms with van der Waals surface area (Å²) in [6.07, 6.45) is 4.30. The van der Waals surface area contributed by atoms with Crippen molar-refractivity contribution < 1.29 is 4.74 Å². The van der Waals surface area contributed by atoms with Crippen molar-refractivity contribution in [3.05, 3.63) is 12.2 Å². The van der Waals surface area contributed by atoms with Crippen LogP contribution in [0.3, 0.4) is 0 Å². The molecule has 0 heterocycles. The second-order valence-electron chi connectivity index (χ2n) is 7.30. The number of hydrogen-bond donors (Lipinski definition) is 0. The summed E-state index contributed by atoms with van der Waals surface area (Å²) in [7, 11) is 2.16. The molecule has 17 heavy (non-hydrogen) atoms. The summed E-state index contributed by atoms with van der Waals surface area (Å²) in [5.74, 6) is 0. The Morgan fingerprint density at radius 3 is 2.00 bits per heavy atom. The Morgan fingerprint density at radius 2 is 1.53 bits per heavy atom. The van der Waals surface area contributed by atoms with Crippen molar-refractivity contribution in [2.45, 2.75) is 41.5 Å². The maximum absolute atomic E-state index is 5.58. The molecular formula is C15H31NO. The topological polar surface area (TPSA) is 12.5 Å². The van der Waals surface area contributed by atoms with Crippen LogP contribution in [0.15, 0.2) is 12.2 Å². The van der Waals surface area contributed by atoms with Crippen LogP contribution in [0.25, 0.3) is 0 Å². The third-order valence-electron chi connectivity index (χ3n) is 2.08. The number of hydrogen-bond acceptors (Lipinski definition) is 2. The highest BCUT2D eigenvalue weighted by Crippen LogP contribution is 2.14. The van der Waals surface area contributed by atoms with Gasteiger partial charge in [0.05, 0.1) is 13.2 Å². The highest BCUT2D eigenvalue weighted by Gasteiger charge is 2.12. The van der Waals surface area contributed by atoms with E-state index < -0.39 is 0 Å². The monoisotopic (exact) mass is 241 g/mol. The van der Waals surface area contributed by atoms with Gasteiger partial charge in [0.25, 0.3) is 0 Å². The van der Waals surface area contributed by atoms with Gasteiger partial charge in [-0.05, 0) is 17.9 Å². The van der Waals surface area contributed by atoms with Crippen molar-refractivity contribution in [1.29, 1.82) is 0 Å². The highest BCUT2D eigenvalue weighted by molar-refractivity contribution is 4.85. The molecule has 0 saturated carbocycles. The first-order valence-electron chi connectivity index (χ1n) is 6.51. The van der Waals surface area contributed by atoms with E-state index in [9.17, 15) is 0 Å². The number of rotatable bonds is 6. The molecular weight excluding hydrogens is 210 g/mol. The van der Waals surface area contributed by atoms with Crippen LogP contribution in [0.1, 0.15) is 41.5 Å². The van der Waals surface area contributed by atoms with Gasteiger partial charge in [0.15, 0.2) is 0 Å². The summed E-state index contributed by atoms with van der Waals surface area (Å²) in [5.41, 5.74) is 0.627. The third-order valence-corrected chi connectivity index (χ3v) is 2.08. The maximum Gasteiger partial charge on any atom is 0.0648 e. The lowest BCUT2D eigenvalue weighted by atomic mass is 9.96. The van der Waals surface area contributed by atoms with Gasteiger partial charge in [-0.1, -0.05) is 53.7 Å². The Labute approximate surface area is 108 Å². The van der Waals surface area contributed by atoms with E-state index in [-0.39, 0.29) is 5.41 Å². The van der Waals surface area contributed by atoms with E-state index in [4.69, 9.17) is 4.74 Å². The normalized spacial score (nSPS) is 13.9. The molecule has 0 aliphatic heterocycles. The molecule has 2 heteroatoms. The van der Waals surface area contributed by atoms with E-state index in [2.05, 4.69) is 65.6 Å².